The van der Waals surface area contributed by atoms with Crippen LogP contribution in [0.2, 0.25) is 0 Å². The Morgan fingerprint density at radius 2 is 2.00 bits per heavy atom. The van der Waals surface area contributed by atoms with E-state index in [4.69, 9.17) is 5.90 Å². The molecule has 0 aliphatic carbocycles. The minimum absolute atomic E-state index is 0.646. The highest BCUT2D eigenvalue weighted by atomic mass is 16.7. The van der Waals surface area contributed by atoms with Crippen LogP contribution in [0.1, 0.15) is 13.8 Å². The maximum atomic E-state index is 10.4. The zero-order valence-electron chi connectivity index (χ0n) is 5.34. The van der Waals surface area contributed by atoms with Crippen LogP contribution >= 0.6 is 0 Å². The number of nitrogens with two attached hydrogens (primary N) is 1. The van der Waals surface area contributed by atoms with Crippen molar-refractivity contribution < 1.29 is 4.84 Å². The molecule has 0 atom stereocenters. The Balaban J connectivity index is 3.71. The van der Waals surface area contributed by atoms with Crippen LogP contribution in [0.25, 0.3) is 0 Å². The van der Waals surface area contributed by atoms with Crippen LogP contribution in [0.5, 0.6) is 0 Å². The fourth-order valence-corrected chi connectivity index (χ4v) is 0.0742. The van der Waals surface area contributed by atoms with Gasteiger partial charge in [-0.05, 0) is 20.9 Å². The first-order chi connectivity index (χ1) is 3.50. The van der Waals surface area contributed by atoms with Gasteiger partial charge in [-0.3, -0.25) is 4.84 Å². The van der Waals surface area contributed by atoms with E-state index in [1.165, 1.54) is 7.05 Å². The summed E-state index contributed by atoms with van der Waals surface area (Å²) in [5, 5.41) is 11.1. The molecule has 0 aromatic rings. The first-order valence-corrected chi connectivity index (χ1v) is 2.29. The van der Waals surface area contributed by atoms with Gasteiger partial charge in [0.25, 0.3) is 0 Å². The van der Waals surface area contributed by atoms with Crippen molar-refractivity contribution in [2.75, 3.05) is 7.05 Å². The predicted octanol–water partition coefficient (Wildman–Crippen LogP) is 0.0424. The van der Waals surface area contributed by atoms with Gasteiger partial charge in [-0.2, -0.15) is 0 Å². The summed E-state index contributed by atoms with van der Waals surface area (Å²) in [6.45, 7) is 3.17. The number of rotatable bonds is 2. The first kappa shape index (κ1) is 7.84. The highest BCUT2D eigenvalue weighted by Gasteiger charge is 2.14. The molecule has 0 spiro atoms. The predicted molar refractivity (Wildman–Crippen MR) is 30.5 cm³/mol. The number of hydrogen-bond donors (Lipinski definition) is 1. The van der Waals surface area contributed by atoms with Gasteiger partial charge in [-0.15, -0.1) is 0 Å². The summed E-state index contributed by atoms with van der Waals surface area (Å²) in [6, 6.07) is 0. The van der Waals surface area contributed by atoms with Gasteiger partial charge in [-0.1, -0.05) is 0 Å². The maximum Gasteiger partial charge on any atom is 0.125 e. The van der Waals surface area contributed by atoms with Crippen LogP contribution in [-0.2, 0) is 4.84 Å². The highest BCUT2D eigenvalue weighted by Crippen LogP contribution is 2.07. The third kappa shape index (κ3) is 1.75. The lowest BCUT2D eigenvalue weighted by atomic mass is 10.3. The molecule has 0 unspecified atom stereocenters. The number of nitrogens with zero attached hydrogens (tertiary/aromatic N) is 1. The van der Waals surface area contributed by atoms with Crippen molar-refractivity contribution in [3.63, 3.8) is 0 Å². The number of hydroxylamine groups is 2. The second kappa shape index (κ2) is 2.41. The van der Waals surface area contributed by atoms with Gasteiger partial charge >= 0.3 is 0 Å². The van der Waals surface area contributed by atoms with Gasteiger partial charge in [0.15, 0.2) is 0 Å². The largest absolute Gasteiger partial charge is 0.783 e. The van der Waals surface area contributed by atoms with Crippen LogP contribution in [0.3, 0.4) is 0 Å². The molecule has 0 saturated carbocycles. The minimum atomic E-state index is -0.903. The molecule has 0 rings (SSSR count). The molecule has 0 aliphatic rings. The van der Waals surface area contributed by atoms with E-state index in [0.717, 1.165) is 0 Å². The summed E-state index contributed by atoms with van der Waals surface area (Å²) in [5.74, 6) is 4.77. The van der Waals surface area contributed by atoms with Crippen molar-refractivity contribution in [1.29, 1.82) is 0 Å². The van der Waals surface area contributed by atoms with E-state index in [0.29, 0.717) is 5.06 Å². The standard InChI is InChI=1S/C4H11N2O2/c1-4(2,8-5)6(3)7/h5H2,1-3H3/q-1. The van der Waals surface area contributed by atoms with Crippen molar-refractivity contribution in [3.8, 4) is 0 Å². The molecule has 2 N–H and O–H groups in total. The zero-order chi connectivity index (χ0) is 6.78. The zero-order valence-corrected chi connectivity index (χ0v) is 5.34. The quantitative estimate of drug-likeness (QED) is 0.412. The second-order valence-electron chi connectivity index (χ2n) is 2.06. The smallest absolute Gasteiger partial charge is 0.125 e. The average molecular weight is 119 g/mol. The molecule has 8 heavy (non-hydrogen) atoms. The van der Waals surface area contributed by atoms with E-state index in [2.05, 4.69) is 4.84 Å². The molecule has 4 heteroatoms. The molecule has 0 heterocycles. The lowest BCUT2D eigenvalue weighted by Gasteiger charge is -2.37. The Morgan fingerprint density at radius 3 is 2.00 bits per heavy atom. The van der Waals surface area contributed by atoms with E-state index in [9.17, 15) is 5.21 Å². The second-order valence-corrected chi connectivity index (χ2v) is 2.06. The fraction of sp³-hybridized carbons (Fsp3) is 1.00. The number of hydrogen-bond acceptors (Lipinski definition) is 4. The first-order valence-electron chi connectivity index (χ1n) is 2.29. The molecule has 0 aromatic heterocycles. The lowest BCUT2D eigenvalue weighted by molar-refractivity contribution is -0.104. The van der Waals surface area contributed by atoms with Crippen LogP contribution in [0.15, 0.2) is 0 Å². The normalized spacial score (nSPS) is 12.8. The van der Waals surface area contributed by atoms with Crippen LogP contribution in [0, 0.1) is 5.21 Å². The van der Waals surface area contributed by atoms with Crippen molar-refractivity contribution in [1.82, 2.24) is 5.06 Å². The van der Waals surface area contributed by atoms with Crippen molar-refractivity contribution in [2.24, 2.45) is 5.90 Å². The Labute approximate surface area is 48.7 Å². The molecular formula is C4H11N2O2-. The Kier molecular flexibility index (Phi) is 2.36. The molecule has 0 aliphatic heterocycles. The third-order valence-corrected chi connectivity index (χ3v) is 1.05. The average Bonchev–Trinajstić information content (AvgIpc) is 1.67. The molecule has 0 amide bonds. The highest BCUT2D eigenvalue weighted by molar-refractivity contribution is 4.65. The lowest BCUT2D eigenvalue weighted by Crippen LogP contribution is -2.41. The van der Waals surface area contributed by atoms with Crippen molar-refractivity contribution in [3.05, 3.63) is 5.21 Å². The molecule has 4 nitrogen and oxygen atoms in total. The van der Waals surface area contributed by atoms with Crippen molar-refractivity contribution in [2.45, 2.75) is 19.6 Å². The molecule has 0 bridgehead atoms. The van der Waals surface area contributed by atoms with Gasteiger partial charge in [-0.25, -0.2) is 5.90 Å². The van der Waals surface area contributed by atoms with E-state index in [1.807, 2.05) is 0 Å². The van der Waals surface area contributed by atoms with E-state index < -0.39 is 5.72 Å². The topological polar surface area (TPSA) is 61.5 Å². The Hall–Kier alpha value is -0.160. The van der Waals surface area contributed by atoms with E-state index in [-0.39, 0.29) is 0 Å². The summed E-state index contributed by atoms with van der Waals surface area (Å²) in [5.41, 5.74) is -0.903. The summed E-state index contributed by atoms with van der Waals surface area (Å²) in [6.07, 6.45) is 0. The summed E-state index contributed by atoms with van der Waals surface area (Å²) < 4.78 is 0. The molecule has 0 aromatic carbocycles. The van der Waals surface area contributed by atoms with Crippen molar-refractivity contribution >= 4 is 0 Å². The van der Waals surface area contributed by atoms with Crippen LogP contribution in [-0.4, -0.2) is 17.8 Å². The summed E-state index contributed by atoms with van der Waals surface area (Å²) in [7, 11) is 1.35. The Bertz CT molecular complexity index is 72.4. The fourth-order valence-electron chi connectivity index (χ4n) is 0.0742. The summed E-state index contributed by atoms with van der Waals surface area (Å²) in [4.78, 5) is 4.31. The molecule has 0 fully saturated rings. The summed E-state index contributed by atoms with van der Waals surface area (Å²) >= 11 is 0. The maximum absolute atomic E-state index is 10.4. The van der Waals surface area contributed by atoms with Gasteiger partial charge in [0, 0.05) is 0 Å². The van der Waals surface area contributed by atoms with Gasteiger partial charge < -0.3 is 10.3 Å². The van der Waals surface area contributed by atoms with Gasteiger partial charge in [0.05, 0.1) is 0 Å². The monoisotopic (exact) mass is 119 g/mol. The van der Waals surface area contributed by atoms with E-state index in [1.54, 1.807) is 13.8 Å². The molecule has 0 saturated heterocycles. The van der Waals surface area contributed by atoms with Gasteiger partial charge in [0.1, 0.15) is 5.72 Å². The van der Waals surface area contributed by atoms with Gasteiger partial charge in [0.2, 0.25) is 0 Å². The molecular weight excluding hydrogens is 108 g/mol. The molecule has 50 valence electrons. The minimum Gasteiger partial charge on any atom is -0.783 e. The van der Waals surface area contributed by atoms with E-state index >= 15 is 0 Å². The van der Waals surface area contributed by atoms with Crippen LogP contribution < -0.4 is 5.90 Å². The molecule has 0 radical (unpaired) electrons. The van der Waals surface area contributed by atoms with Crippen LogP contribution in [0.4, 0.5) is 0 Å². The SMILES string of the molecule is CN([O-])C(C)(C)ON. The Morgan fingerprint density at radius 1 is 1.62 bits per heavy atom. The third-order valence-electron chi connectivity index (χ3n) is 1.05.